The van der Waals surface area contributed by atoms with Gasteiger partial charge in [0.1, 0.15) is 5.92 Å². The van der Waals surface area contributed by atoms with E-state index in [0.29, 0.717) is 58.4 Å². The SMILES string of the molecule is CC[C@H](C)OC(=O)C1C(C)=NC2=C(C(=O)C[C@H](c3ccc(OC)c(OC)c3)C2)[C@H]1c1cccc(OC)c1OC. The van der Waals surface area contributed by atoms with E-state index < -0.39 is 17.8 Å². The van der Waals surface area contributed by atoms with Crippen molar-refractivity contribution >= 4 is 17.5 Å². The molecule has 8 nitrogen and oxygen atoms in total. The Morgan fingerprint density at radius 1 is 0.974 bits per heavy atom. The third-order valence-electron chi connectivity index (χ3n) is 7.68. The molecular formula is C31H37NO7. The van der Waals surface area contributed by atoms with Crippen LogP contribution in [0.15, 0.2) is 52.7 Å². The standard InChI is InChI=1S/C31H37NO7/c1-8-17(2)39-31(34)27-18(3)32-22-14-20(19-12-13-24(35-4)26(16-19)37-6)15-23(33)29(22)28(27)21-10-9-11-25(36-5)30(21)38-7/h9-13,16-17,20,27-28H,8,14-15H2,1-7H3/t17-,20+,27?,28-/m0/s1. The van der Waals surface area contributed by atoms with Crippen molar-refractivity contribution in [1.82, 2.24) is 0 Å². The number of ketones is 1. The molecule has 1 unspecified atom stereocenters. The van der Waals surface area contributed by atoms with Crippen molar-refractivity contribution in [3.8, 4) is 23.0 Å². The number of hydrogen-bond donors (Lipinski definition) is 0. The molecule has 0 saturated heterocycles. The Labute approximate surface area is 230 Å². The second kappa shape index (κ2) is 11.9. The van der Waals surface area contributed by atoms with Gasteiger partial charge in [-0.1, -0.05) is 25.1 Å². The number of para-hydroxylation sites is 1. The number of ether oxygens (including phenoxy) is 5. The van der Waals surface area contributed by atoms with Crippen molar-refractivity contribution in [2.45, 2.75) is 58.0 Å². The van der Waals surface area contributed by atoms with Gasteiger partial charge in [-0.2, -0.15) is 0 Å². The average Bonchev–Trinajstić information content (AvgIpc) is 2.94. The molecule has 208 valence electrons. The van der Waals surface area contributed by atoms with E-state index >= 15 is 0 Å². The first-order valence-electron chi connectivity index (χ1n) is 13.2. The van der Waals surface area contributed by atoms with Crippen molar-refractivity contribution in [2.24, 2.45) is 10.9 Å². The van der Waals surface area contributed by atoms with Gasteiger partial charge in [-0.3, -0.25) is 14.6 Å². The second-order valence-electron chi connectivity index (χ2n) is 9.95. The number of carbonyl (C=O) groups is 2. The molecule has 39 heavy (non-hydrogen) atoms. The van der Waals surface area contributed by atoms with Crippen molar-refractivity contribution in [2.75, 3.05) is 28.4 Å². The normalized spacial score (nSPS) is 21.5. The molecule has 1 aliphatic heterocycles. The molecule has 0 N–H and O–H groups in total. The number of allylic oxidation sites excluding steroid dienone is 2. The smallest absolute Gasteiger partial charge is 0.315 e. The van der Waals surface area contributed by atoms with Gasteiger partial charge in [-0.15, -0.1) is 0 Å². The fourth-order valence-corrected chi connectivity index (χ4v) is 5.56. The van der Waals surface area contributed by atoms with E-state index in [2.05, 4.69) is 0 Å². The van der Waals surface area contributed by atoms with Crippen LogP contribution in [0.2, 0.25) is 0 Å². The van der Waals surface area contributed by atoms with Gasteiger partial charge in [-0.05, 0) is 56.4 Å². The first-order chi connectivity index (χ1) is 18.8. The maximum absolute atomic E-state index is 14.0. The summed E-state index contributed by atoms with van der Waals surface area (Å²) in [5.74, 6) is 0.327. The maximum Gasteiger partial charge on any atom is 0.315 e. The van der Waals surface area contributed by atoms with E-state index in [9.17, 15) is 9.59 Å². The van der Waals surface area contributed by atoms with Crippen LogP contribution >= 0.6 is 0 Å². The summed E-state index contributed by atoms with van der Waals surface area (Å²) in [6, 6.07) is 11.2. The number of esters is 1. The third-order valence-corrected chi connectivity index (χ3v) is 7.68. The molecule has 0 saturated carbocycles. The van der Waals surface area contributed by atoms with Gasteiger partial charge in [0.15, 0.2) is 28.8 Å². The lowest BCUT2D eigenvalue weighted by Gasteiger charge is -2.37. The highest BCUT2D eigenvalue weighted by molar-refractivity contribution is 6.09. The summed E-state index contributed by atoms with van der Waals surface area (Å²) in [5.41, 5.74) is 3.50. The van der Waals surface area contributed by atoms with Crippen LogP contribution in [-0.2, 0) is 14.3 Å². The van der Waals surface area contributed by atoms with Crippen LogP contribution in [0.4, 0.5) is 0 Å². The molecule has 1 aliphatic carbocycles. The lowest BCUT2D eigenvalue weighted by atomic mass is 9.69. The van der Waals surface area contributed by atoms with Crippen LogP contribution in [0.5, 0.6) is 23.0 Å². The molecule has 0 fully saturated rings. The predicted molar refractivity (Wildman–Crippen MR) is 148 cm³/mol. The summed E-state index contributed by atoms with van der Waals surface area (Å²) in [7, 11) is 6.30. The molecule has 0 amide bonds. The Kier molecular flexibility index (Phi) is 8.63. The Morgan fingerprint density at radius 3 is 2.33 bits per heavy atom. The van der Waals surface area contributed by atoms with Gasteiger partial charge in [0.05, 0.1) is 34.5 Å². The minimum atomic E-state index is -0.764. The van der Waals surface area contributed by atoms with Crippen molar-refractivity contribution in [1.29, 1.82) is 0 Å². The number of methoxy groups -OCH3 is 4. The Hall–Kier alpha value is -3.81. The van der Waals surface area contributed by atoms with Crippen molar-refractivity contribution in [3.05, 3.63) is 58.8 Å². The van der Waals surface area contributed by atoms with Crippen LogP contribution in [0.1, 0.15) is 63.0 Å². The fraction of sp³-hybridized carbons (Fsp3) is 0.452. The topological polar surface area (TPSA) is 92.7 Å². The first-order valence-corrected chi connectivity index (χ1v) is 13.2. The molecule has 0 aromatic heterocycles. The molecule has 2 aromatic rings. The van der Waals surface area contributed by atoms with E-state index in [-0.39, 0.29) is 24.2 Å². The third kappa shape index (κ3) is 5.37. The maximum atomic E-state index is 14.0. The number of benzene rings is 2. The molecule has 4 rings (SSSR count). The number of nitrogens with zero attached hydrogens (tertiary/aromatic N) is 1. The zero-order chi connectivity index (χ0) is 28.3. The summed E-state index contributed by atoms with van der Waals surface area (Å²) in [6.45, 7) is 5.65. The Morgan fingerprint density at radius 2 is 1.69 bits per heavy atom. The molecule has 8 heteroatoms. The summed E-state index contributed by atoms with van der Waals surface area (Å²) in [4.78, 5) is 32.4. The summed E-state index contributed by atoms with van der Waals surface area (Å²) >= 11 is 0. The largest absolute Gasteiger partial charge is 0.493 e. The lowest BCUT2D eigenvalue weighted by molar-refractivity contribution is -0.151. The van der Waals surface area contributed by atoms with Gasteiger partial charge in [-0.25, -0.2) is 0 Å². The monoisotopic (exact) mass is 535 g/mol. The molecule has 2 aliphatic rings. The van der Waals surface area contributed by atoms with Crippen LogP contribution in [0.25, 0.3) is 0 Å². The zero-order valence-corrected chi connectivity index (χ0v) is 23.7. The van der Waals surface area contributed by atoms with Gasteiger partial charge in [0, 0.05) is 34.9 Å². The molecule has 2 aromatic carbocycles. The second-order valence-corrected chi connectivity index (χ2v) is 9.95. The predicted octanol–water partition coefficient (Wildman–Crippen LogP) is 5.64. The van der Waals surface area contributed by atoms with E-state index in [4.69, 9.17) is 28.7 Å². The quantitative estimate of drug-likeness (QED) is 0.384. The minimum Gasteiger partial charge on any atom is -0.493 e. The molecule has 0 spiro atoms. The molecule has 4 atom stereocenters. The number of Topliss-reactive ketones (excluding diaryl/α,β-unsaturated/α-hetero) is 1. The van der Waals surface area contributed by atoms with Crippen LogP contribution in [-0.4, -0.2) is 52.0 Å². The zero-order valence-electron chi connectivity index (χ0n) is 23.7. The Balaban J connectivity index is 1.84. The van der Waals surface area contributed by atoms with Crippen LogP contribution < -0.4 is 18.9 Å². The number of hydrogen-bond acceptors (Lipinski definition) is 8. The molecule has 0 bridgehead atoms. The van der Waals surface area contributed by atoms with Crippen molar-refractivity contribution < 1.29 is 33.3 Å². The molecular weight excluding hydrogens is 498 g/mol. The first kappa shape index (κ1) is 28.2. The fourth-order valence-electron chi connectivity index (χ4n) is 5.56. The highest BCUT2D eigenvalue weighted by Crippen LogP contribution is 2.50. The van der Waals surface area contributed by atoms with Gasteiger partial charge in [0.2, 0.25) is 0 Å². The number of aliphatic imine (C=N–C) groups is 1. The summed E-state index contributed by atoms with van der Waals surface area (Å²) < 4.78 is 28.0. The summed E-state index contributed by atoms with van der Waals surface area (Å²) in [6.07, 6.45) is 1.25. The lowest BCUT2D eigenvalue weighted by Crippen LogP contribution is -2.39. The van der Waals surface area contributed by atoms with E-state index in [1.54, 1.807) is 34.5 Å². The van der Waals surface area contributed by atoms with Gasteiger partial charge >= 0.3 is 5.97 Å². The van der Waals surface area contributed by atoms with Gasteiger partial charge < -0.3 is 23.7 Å². The van der Waals surface area contributed by atoms with Gasteiger partial charge in [0.25, 0.3) is 0 Å². The molecule has 1 heterocycles. The van der Waals surface area contributed by atoms with E-state index in [1.165, 1.54) is 0 Å². The van der Waals surface area contributed by atoms with Crippen molar-refractivity contribution in [3.63, 3.8) is 0 Å². The van der Waals surface area contributed by atoms with E-state index in [0.717, 1.165) is 5.56 Å². The number of carbonyl (C=O) groups excluding carboxylic acids is 2. The van der Waals surface area contributed by atoms with Crippen LogP contribution in [0.3, 0.4) is 0 Å². The average molecular weight is 536 g/mol. The highest BCUT2D eigenvalue weighted by Gasteiger charge is 2.46. The van der Waals surface area contributed by atoms with Crippen LogP contribution in [0, 0.1) is 5.92 Å². The van der Waals surface area contributed by atoms with E-state index in [1.807, 2.05) is 51.1 Å². The minimum absolute atomic E-state index is 0.0523. The highest BCUT2D eigenvalue weighted by atomic mass is 16.5. The Bertz CT molecular complexity index is 1310. The molecule has 0 radical (unpaired) electrons. The number of rotatable bonds is 9. The summed E-state index contributed by atoms with van der Waals surface area (Å²) in [5, 5.41) is 0.